The van der Waals surface area contributed by atoms with Crippen LogP contribution in [0.15, 0.2) is 60.7 Å². The van der Waals surface area contributed by atoms with Gasteiger partial charge in [0.1, 0.15) is 24.1 Å². The van der Waals surface area contributed by atoms with E-state index >= 15 is 0 Å². The van der Waals surface area contributed by atoms with E-state index < -0.39 is 35.6 Å². The monoisotopic (exact) mass is 498 g/mol. The van der Waals surface area contributed by atoms with Crippen molar-refractivity contribution >= 4 is 11.8 Å². The summed E-state index contributed by atoms with van der Waals surface area (Å²) in [6.45, 7) is 0.357. The maximum Gasteiger partial charge on any atom is 0.268 e. The fraction of sp³-hybridized carbons (Fsp3) is 0.231. The molecule has 0 unspecified atom stereocenters. The van der Waals surface area contributed by atoms with E-state index in [0.29, 0.717) is 22.4 Å². The van der Waals surface area contributed by atoms with Gasteiger partial charge in [-0.25, -0.2) is 14.3 Å². The number of aromatic hydroxyl groups is 1. The summed E-state index contributed by atoms with van der Waals surface area (Å²) in [5.74, 6) is -3.10. The van der Waals surface area contributed by atoms with Crippen LogP contribution in [0.25, 0.3) is 11.1 Å². The van der Waals surface area contributed by atoms with Gasteiger partial charge in [0.2, 0.25) is 0 Å². The Hall–Kier alpha value is -4.02. The van der Waals surface area contributed by atoms with E-state index in [1.54, 1.807) is 48.5 Å². The summed E-state index contributed by atoms with van der Waals surface area (Å²) in [5, 5.41) is 20.1. The number of hydrogen-bond donors (Lipinski definition) is 3. The zero-order chi connectivity index (χ0) is 25.8. The van der Waals surface area contributed by atoms with Gasteiger partial charge in [0.05, 0.1) is 13.2 Å². The van der Waals surface area contributed by atoms with Crippen LogP contribution in [0.3, 0.4) is 0 Å². The number of aliphatic hydroxyl groups is 1. The number of phenols is 1. The van der Waals surface area contributed by atoms with Gasteiger partial charge in [0, 0.05) is 23.7 Å². The van der Waals surface area contributed by atoms with Crippen molar-refractivity contribution in [3.8, 4) is 22.6 Å². The molecule has 4 rings (SSSR count). The van der Waals surface area contributed by atoms with Crippen molar-refractivity contribution in [2.75, 3.05) is 13.7 Å². The predicted molar refractivity (Wildman–Crippen MR) is 125 cm³/mol. The van der Waals surface area contributed by atoms with Crippen molar-refractivity contribution in [3.63, 3.8) is 0 Å². The highest BCUT2D eigenvalue weighted by atomic mass is 19.2. The topological polar surface area (TPSA) is 108 Å². The second-order valence-electron chi connectivity index (χ2n) is 8.27. The fourth-order valence-electron chi connectivity index (χ4n) is 4.11. The minimum absolute atomic E-state index is 0.132. The van der Waals surface area contributed by atoms with E-state index in [1.165, 1.54) is 12.0 Å². The summed E-state index contributed by atoms with van der Waals surface area (Å²) in [4.78, 5) is 31.2. The number of benzene rings is 3. The van der Waals surface area contributed by atoms with E-state index in [0.717, 1.165) is 12.1 Å². The Bertz CT molecular complexity index is 1270. The number of phenolic OH excluding ortho intramolecular Hbond substituents is 1. The third kappa shape index (κ3) is 5.29. The molecule has 3 aromatic carbocycles. The maximum atomic E-state index is 13.6. The lowest BCUT2D eigenvalue weighted by atomic mass is 10.0. The van der Waals surface area contributed by atoms with Crippen molar-refractivity contribution in [1.82, 2.24) is 10.4 Å². The number of hydroxylamine groups is 1. The number of rotatable bonds is 7. The molecule has 0 saturated carbocycles. The number of amides is 2. The van der Waals surface area contributed by atoms with Crippen LogP contribution in [-0.4, -0.2) is 52.7 Å². The van der Waals surface area contributed by atoms with Gasteiger partial charge in [0.25, 0.3) is 11.8 Å². The van der Waals surface area contributed by atoms with Crippen LogP contribution in [-0.2, 0) is 16.2 Å². The molecular formula is C26H24F2N2O6. The Labute approximate surface area is 205 Å². The molecule has 0 aromatic heterocycles. The van der Waals surface area contributed by atoms with E-state index in [9.17, 15) is 28.6 Å². The zero-order valence-corrected chi connectivity index (χ0v) is 19.3. The normalized spacial score (nSPS) is 17.2. The molecule has 10 heteroatoms. The number of hydrogen-bond acceptors (Lipinski definition) is 6. The lowest BCUT2D eigenvalue weighted by Gasteiger charge is -2.25. The summed E-state index contributed by atoms with van der Waals surface area (Å²) in [6.07, 6.45) is -0.721. The van der Waals surface area contributed by atoms with Crippen LogP contribution in [0.2, 0.25) is 0 Å². The number of aliphatic hydroxyl groups excluding tert-OH is 1. The van der Waals surface area contributed by atoms with Gasteiger partial charge in [-0.05, 0) is 47.9 Å². The van der Waals surface area contributed by atoms with E-state index in [-0.39, 0.29) is 30.9 Å². The van der Waals surface area contributed by atoms with E-state index in [1.807, 2.05) is 0 Å². The highest BCUT2D eigenvalue weighted by molar-refractivity contribution is 5.98. The number of carbonyl (C=O) groups excluding carboxylic acids is 2. The van der Waals surface area contributed by atoms with Crippen LogP contribution in [0.5, 0.6) is 11.5 Å². The lowest BCUT2D eigenvalue weighted by molar-refractivity contribution is -0.137. The van der Waals surface area contributed by atoms with Crippen LogP contribution in [0.1, 0.15) is 22.3 Å². The third-order valence-corrected chi connectivity index (χ3v) is 5.88. The summed E-state index contributed by atoms with van der Waals surface area (Å²) < 4.78 is 32.6. The van der Waals surface area contributed by atoms with Gasteiger partial charge in [-0.3, -0.25) is 14.4 Å². The Kier molecular flexibility index (Phi) is 7.47. The molecule has 0 radical (unpaired) electrons. The molecule has 1 saturated heterocycles. The molecule has 8 nitrogen and oxygen atoms in total. The number of halogens is 2. The van der Waals surface area contributed by atoms with Gasteiger partial charge in [-0.15, -0.1) is 0 Å². The molecule has 0 aliphatic carbocycles. The molecular weight excluding hydrogens is 474 g/mol. The smallest absolute Gasteiger partial charge is 0.268 e. The predicted octanol–water partition coefficient (Wildman–Crippen LogP) is 3.17. The maximum absolute atomic E-state index is 13.6. The summed E-state index contributed by atoms with van der Waals surface area (Å²) in [6, 6.07) is 13.8. The van der Waals surface area contributed by atoms with Gasteiger partial charge in [-0.2, -0.15) is 0 Å². The zero-order valence-electron chi connectivity index (χ0n) is 19.3. The van der Waals surface area contributed by atoms with E-state index in [2.05, 4.69) is 10.3 Å². The molecule has 36 heavy (non-hydrogen) atoms. The quantitative estimate of drug-likeness (QED) is 0.432. The number of nitrogens with zero attached hydrogens (tertiary/aromatic N) is 1. The van der Waals surface area contributed by atoms with Crippen molar-refractivity contribution in [3.05, 3.63) is 83.4 Å². The molecule has 3 N–H and O–H groups in total. The number of likely N-dealkylation sites (tertiary alicyclic amines) is 1. The molecule has 1 heterocycles. The standard InChI is InChI=1S/C26H24F2N2O6/c1-35-29-25(33)24-22(31)9-10-30(24)26(34)17-4-2-3-15(11-17)14-36-18-7-5-16(6-8-18)19-12-20(27)21(28)13-23(19)32/h2-8,11-13,22,24,31-32H,9-10,14H2,1H3,(H,29,33)/t22-,24-/m0/s1. The number of carbonyl (C=O) groups is 2. The number of ether oxygens (including phenoxy) is 1. The first-order valence-electron chi connectivity index (χ1n) is 11.1. The minimum atomic E-state index is -1.13. The van der Waals surface area contributed by atoms with Crippen molar-refractivity contribution in [2.45, 2.75) is 25.2 Å². The highest BCUT2D eigenvalue weighted by Crippen LogP contribution is 2.32. The van der Waals surface area contributed by atoms with Gasteiger partial charge in [-0.1, -0.05) is 24.3 Å². The SMILES string of the molecule is CONC(=O)[C@@H]1[C@@H](O)CCN1C(=O)c1cccc(COc2ccc(-c3cc(F)c(F)cc3O)cc2)c1. The number of nitrogens with one attached hydrogen (secondary N) is 1. The average molecular weight is 498 g/mol. The van der Waals surface area contributed by atoms with Gasteiger partial charge < -0.3 is 19.8 Å². The second kappa shape index (κ2) is 10.7. The molecule has 1 fully saturated rings. The van der Waals surface area contributed by atoms with Crippen LogP contribution in [0.4, 0.5) is 8.78 Å². The highest BCUT2D eigenvalue weighted by Gasteiger charge is 2.41. The van der Waals surface area contributed by atoms with Gasteiger partial charge >= 0.3 is 0 Å². The first kappa shape index (κ1) is 25.1. The molecule has 1 aliphatic rings. The summed E-state index contributed by atoms with van der Waals surface area (Å²) in [7, 11) is 1.27. The molecule has 188 valence electrons. The molecule has 1 aliphatic heterocycles. The lowest BCUT2D eigenvalue weighted by Crippen LogP contribution is -2.49. The van der Waals surface area contributed by atoms with Crippen LogP contribution >= 0.6 is 0 Å². The Morgan fingerprint density at radius 1 is 1.08 bits per heavy atom. The summed E-state index contributed by atoms with van der Waals surface area (Å²) >= 11 is 0. The van der Waals surface area contributed by atoms with Crippen molar-refractivity contribution in [1.29, 1.82) is 0 Å². The Morgan fingerprint density at radius 3 is 2.53 bits per heavy atom. The largest absolute Gasteiger partial charge is 0.507 e. The molecule has 2 amide bonds. The summed E-state index contributed by atoms with van der Waals surface area (Å²) in [5.41, 5.74) is 3.82. The van der Waals surface area contributed by atoms with Gasteiger partial charge in [0.15, 0.2) is 11.6 Å². The van der Waals surface area contributed by atoms with Crippen LogP contribution < -0.4 is 10.2 Å². The molecule has 2 atom stereocenters. The van der Waals surface area contributed by atoms with E-state index in [4.69, 9.17) is 4.74 Å². The van der Waals surface area contributed by atoms with Crippen LogP contribution in [0, 0.1) is 11.6 Å². The molecule has 3 aromatic rings. The third-order valence-electron chi connectivity index (χ3n) is 5.88. The fourth-order valence-corrected chi connectivity index (χ4v) is 4.11. The average Bonchev–Trinajstić information content (AvgIpc) is 3.26. The minimum Gasteiger partial charge on any atom is -0.507 e. The Morgan fingerprint density at radius 2 is 1.81 bits per heavy atom. The van der Waals surface area contributed by atoms with Crippen molar-refractivity contribution < 1.29 is 38.2 Å². The molecule has 0 spiro atoms. The first-order chi connectivity index (χ1) is 17.3. The Balaban J connectivity index is 1.43. The van der Waals surface area contributed by atoms with Crippen molar-refractivity contribution in [2.24, 2.45) is 0 Å². The second-order valence-corrected chi connectivity index (χ2v) is 8.27. The molecule has 0 bridgehead atoms. The first-order valence-corrected chi connectivity index (χ1v) is 11.1.